The second-order valence-corrected chi connectivity index (χ2v) is 5.46. The van der Waals surface area contributed by atoms with Crippen LogP contribution in [-0.2, 0) is 4.79 Å². The van der Waals surface area contributed by atoms with Gasteiger partial charge in [-0.1, -0.05) is 6.07 Å². The summed E-state index contributed by atoms with van der Waals surface area (Å²) in [5.74, 6) is -0.00817. The molecule has 1 aliphatic carbocycles. The summed E-state index contributed by atoms with van der Waals surface area (Å²) in [7, 11) is 0. The Bertz CT molecular complexity index is 542. The number of carbonyl (C=O) groups is 2. The first kappa shape index (κ1) is 13.9. The van der Waals surface area contributed by atoms with Crippen molar-refractivity contribution in [2.24, 2.45) is 0 Å². The summed E-state index contributed by atoms with van der Waals surface area (Å²) in [5.41, 5.74) is 1.53. The van der Waals surface area contributed by atoms with Gasteiger partial charge in [0.1, 0.15) is 0 Å². The molecule has 0 radical (unpaired) electrons. The third kappa shape index (κ3) is 3.72. The first-order valence-corrected chi connectivity index (χ1v) is 7.41. The van der Waals surface area contributed by atoms with Crippen LogP contribution < -0.4 is 20.9 Å². The van der Waals surface area contributed by atoms with Crippen LogP contribution in [0.2, 0.25) is 0 Å². The first-order valence-electron chi connectivity index (χ1n) is 7.41. The number of nitrogens with one attached hydrogen (secondary N) is 3. The first-order chi connectivity index (χ1) is 10.2. The number of rotatable bonds is 6. The van der Waals surface area contributed by atoms with Gasteiger partial charge in [0, 0.05) is 43.5 Å². The number of amides is 3. The van der Waals surface area contributed by atoms with Crippen molar-refractivity contribution >= 4 is 23.3 Å². The summed E-state index contributed by atoms with van der Waals surface area (Å²) in [6, 6.07) is 7.91. The van der Waals surface area contributed by atoms with Gasteiger partial charge in [-0.15, -0.1) is 0 Å². The van der Waals surface area contributed by atoms with Crippen LogP contribution in [0.3, 0.4) is 0 Å². The van der Waals surface area contributed by atoms with Gasteiger partial charge >= 0.3 is 6.03 Å². The van der Waals surface area contributed by atoms with E-state index in [1.54, 1.807) is 4.90 Å². The quantitative estimate of drug-likeness (QED) is 0.738. The van der Waals surface area contributed by atoms with Gasteiger partial charge in [0.2, 0.25) is 5.91 Å². The minimum absolute atomic E-state index is 0.00817. The summed E-state index contributed by atoms with van der Waals surface area (Å²) < 4.78 is 0. The number of hydrogen-bond acceptors (Lipinski definition) is 3. The lowest BCUT2D eigenvalue weighted by molar-refractivity contribution is -0.116. The van der Waals surface area contributed by atoms with E-state index in [1.807, 2.05) is 24.3 Å². The van der Waals surface area contributed by atoms with Crippen LogP contribution in [-0.4, -0.2) is 37.6 Å². The van der Waals surface area contributed by atoms with Crippen LogP contribution in [0.15, 0.2) is 24.3 Å². The van der Waals surface area contributed by atoms with Crippen molar-refractivity contribution in [3.05, 3.63) is 24.3 Å². The molecule has 112 valence electrons. The highest BCUT2D eigenvalue weighted by Gasteiger charge is 2.21. The second kappa shape index (κ2) is 6.13. The van der Waals surface area contributed by atoms with Gasteiger partial charge in [0.25, 0.3) is 0 Å². The fourth-order valence-corrected chi connectivity index (χ4v) is 2.37. The molecule has 3 rings (SSSR count). The Morgan fingerprint density at radius 3 is 2.95 bits per heavy atom. The molecule has 3 amide bonds. The molecule has 1 saturated carbocycles. The van der Waals surface area contributed by atoms with Crippen molar-refractivity contribution in [1.82, 2.24) is 10.6 Å². The maximum absolute atomic E-state index is 11.9. The number of anilines is 2. The summed E-state index contributed by atoms with van der Waals surface area (Å²) >= 11 is 0. The lowest BCUT2D eigenvalue weighted by Gasteiger charge is -2.15. The van der Waals surface area contributed by atoms with E-state index >= 15 is 0 Å². The Morgan fingerprint density at radius 1 is 1.38 bits per heavy atom. The summed E-state index contributed by atoms with van der Waals surface area (Å²) in [4.78, 5) is 25.2. The predicted molar refractivity (Wildman–Crippen MR) is 81.5 cm³/mol. The number of nitrogens with zero attached hydrogens (tertiary/aromatic N) is 1. The zero-order valence-corrected chi connectivity index (χ0v) is 11.9. The van der Waals surface area contributed by atoms with Crippen molar-refractivity contribution in [3.8, 4) is 0 Å². The monoisotopic (exact) mass is 288 g/mol. The highest BCUT2D eigenvalue weighted by atomic mass is 16.2. The van der Waals surface area contributed by atoms with E-state index in [2.05, 4.69) is 16.0 Å². The number of hydrogen-bond donors (Lipinski definition) is 3. The average molecular weight is 288 g/mol. The molecule has 0 aromatic heterocycles. The lowest BCUT2D eigenvalue weighted by atomic mass is 10.2. The zero-order valence-electron chi connectivity index (χ0n) is 11.9. The maximum Gasteiger partial charge on any atom is 0.321 e. The zero-order chi connectivity index (χ0) is 14.7. The SMILES string of the molecule is O=C(CCNC1CC1)Nc1cccc(N2CCNC2=O)c1. The van der Waals surface area contributed by atoms with Gasteiger partial charge in [-0.05, 0) is 31.0 Å². The van der Waals surface area contributed by atoms with Crippen LogP contribution in [0, 0.1) is 0 Å². The molecule has 0 spiro atoms. The third-order valence-corrected chi connectivity index (χ3v) is 3.66. The topological polar surface area (TPSA) is 73.5 Å². The Hall–Kier alpha value is -2.08. The van der Waals surface area contributed by atoms with Crippen LogP contribution in [0.4, 0.5) is 16.2 Å². The number of carbonyl (C=O) groups excluding carboxylic acids is 2. The number of urea groups is 1. The lowest BCUT2D eigenvalue weighted by Crippen LogP contribution is -2.27. The smallest absolute Gasteiger partial charge is 0.321 e. The van der Waals surface area contributed by atoms with Crippen LogP contribution in [0.25, 0.3) is 0 Å². The summed E-state index contributed by atoms with van der Waals surface area (Å²) in [6.07, 6.45) is 2.91. The van der Waals surface area contributed by atoms with E-state index in [0.29, 0.717) is 32.1 Å². The maximum atomic E-state index is 11.9. The molecule has 0 bridgehead atoms. The standard InChI is InChI=1S/C15H20N4O2/c20-14(6-7-16-11-4-5-11)18-12-2-1-3-13(10-12)19-9-8-17-15(19)21/h1-3,10-11,16H,4-9H2,(H,17,21)(H,18,20). The molecular weight excluding hydrogens is 268 g/mol. The van der Waals surface area contributed by atoms with Crippen LogP contribution in [0.5, 0.6) is 0 Å². The molecule has 2 aliphatic rings. The van der Waals surface area contributed by atoms with Gasteiger partial charge in [0.05, 0.1) is 0 Å². The summed E-state index contributed by atoms with van der Waals surface area (Å²) in [6.45, 7) is 2.02. The molecule has 1 aliphatic heterocycles. The molecule has 6 heteroatoms. The highest BCUT2D eigenvalue weighted by molar-refractivity contribution is 5.96. The van der Waals surface area contributed by atoms with Crippen LogP contribution >= 0.6 is 0 Å². The van der Waals surface area contributed by atoms with E-state index in [0.717, 1.165) is 11.4 Å². The molecule has 1 saturated heterocycles. The molecule has 0 unspecified atom stereocenters. The van der Waals surface area contributed by atoms with E-state index in [1.165, 1.54) is 12.8 Å². The minimum atomic E-state index is -0.0906. The second-order valence-electron chi connectivity index (χ2n) is 5.46. The van der Waals surface area contributed by atoms with Gasteiger partial charge < -0.3 is 16.0 Å². The Kier molecular flexibility index (Phi) is 4.06. The van der Waals surface area contributed by atoms with Gasteiger partial charge in [0.15, 0.2) is 0 Å². The van der Waals surface area contributed by atoms with E-state index in [-0.39, 0.29) is 11.9 Å². The van der Waals surface area contributed by atoms with Crippen molar-refractivity contribution in [2.75, 3.05) is 29.9 Å². The molecule has 1 heterocycles. The van der Waals surface area contributed by atoms with Crippen molar-refractivity contribution in [1.29, 1.82) is 0 Å². The summed E-state index contributed by atoms with van der Waals surface area (Å²) in [5, 5.41) is 8.95. The van der Waals surface area contributed by atoms with E-state index in [4.69, 9.17) is 0 Å². The molecule has 1 aromatic carbocycles. The minimum Gasteiger partial charge on any atom is -0.336 e. The Morgan fingerprint density at radius 2 is 2.24 bits per heavy atom. The number of benzene rings is 1. The highest BCUT2D eigenvalue weighted by Crippen LogP contribution is 2.21. The Balaban J connectivity index is 1.54. The van der Waals surface area contributed by atoms with Crippen molar-refractivity contribution < 1.29 is 9.59 Å². The van der Waals surface area contributed by atoms with Crippen molar-refractivity contribution in [2.45, 2.75) is 25.3 Å². The fourth-order valence-electron chi connectivity index (χ4n) is 2.37. The average Bonchev–Trinajstić information content (AvgIpc) is 3.19. The van der Waals surface area contributed by atoms with Gasteiger partial charge in [-0.2, -0.15) is 0 Å². The molecule has 21 heavy (non-hydrogen) atoms. The molecule has 1 aromatic rings. The molecular formula is C15H20N4O2. The largest absolute Gasteiger partial charge is 0.336 e. The normalized spacial score (nSPS) is 17.7. The third-order valence-electron chi connectivity index (χ3n) is 3.66. The van der Waals surface area contributed by atoms with E-state index in [9.17, 15) is 9.59 Å². The molecule has 6 nitrogen and oxygen atoms in total. The van der Waals surface area contributed by atoms with E-state index < -0.39 is 0 Å². The molecule has 2 fully saturated rings. The van der Waals surface area contributed by atoms with Gasteiger partial charge in [-0.3, -0.25) is 9.69 Å². The fraction of sp³-hybridized carbons (Fsp3) is 0.467. The molecule has 3 N–H and O–H groups in total. The predicted octanol–water partition coefficient (Wildman–Crippen LogP) is 1.30. The van der Waals surface area contributed by atoms with Crippen LogP contribution in [0.1, 0.15) is 19.3 Å². The van der Waals surface area contributed by atoms with Gasteiger partial charge in [-0.25, -0.2) is 4.79 Å². The molecule has 0 atom stereocenters. The Labute approximate surface area is 123 Å². The van der Waals surface area contributed by atoms with Crippen molar-refractivity contribution in [3.63, 3.8) is 0 Å².